The maximum absolute atomic E-state index is 12.4. The second-order valence-electron chi connectivity index (χ2n) is 7.35. The number of carbonyl (C=O) groups excluding carboxylic acids is 1. The fourth-order valence-corrected chi connectivity index (χ4v) is 4.02. The van der Waals surface area contributed by atoms with E-state index in [0.29, 0.717) is 5.75 Å². The molecule has 0 saturated carbocycles. The maximum Gasteiger partial charge on any atom is 0.262 e. The van der Waals surface area contributed by atoms with Gasteiger partial charge in [-0.25, -0.2) is 0 Å². The Bertz CT molecular complexity index is 1010. The Hall–Kier alpha value is -2.60. The summed E-state index contributed by atoms with van der Waals surface area (Å²) < 4.78 is 6.77. The average molecular weight is 454 g/mol. The first-order chi connectivity index (χ1) is 14.1. The van der Waals surface area contributed by atoms with E-state index in [-0.39, 0.29) is 12.5 Å². The summed E-state index contributed by atoms with van der Waals surface area (Å²) in [7, 11) is 0. The van der Waals surface area contributed by atoms with Crippen LogP contribution in [-0.4, -0.2) is 30.6 Å². The molecule has 1 aliphatic heterocycles. The first kappa shape index (κ1) is 19.7. The minimum absolute atomic E-state index is 0.0566. The number of halogens is 1. The van der Waals surface area contributed by atoms with Crippen LogP contribution in [0.25, 0.3) is 10.9 Å². The molecule has 0 atom stereocenters. The summed E-state index contributed by atoms with van der Waals surface area (Å²) in [5, 5.41) is 3.79. The molecule has 1 saturated heterocycles. The van der Waals surface area contributed by atoms with Crippen molar-refractivity contribution >= 4 is 44.1 Å². The molecule has 0 radical (unpaired) electrons. The van der Waals surface area contributed by atoms with Crippen LogP contribution in [-0.2, 0) is 4.79 Å². The number of hydrogen-bond acceptors (Lipinski definition) is 4. The molecule has 0 bridgehead atoms. The molecule has 6 heteroatoms. The van der Waals surface area contributed by atoms with Crippen LogP contribution in [0.4, 0.5) is 11.4 Å². The lowest BCUT2D eigenvalue weighted by Gasteiger charge is -2.28. The van der Waals surface area contributed by atoms with Crippen LogP contribution in [0.2, 0.25) is 0 Å². The van der Waals surface area contributed by atoms with E-state index >= 15 is 0 Å². The number of ether oxygens (including phenoxy) is 1. The highest BCUT2D eigenvalue weighted by Crippen LogP contribution is 2.28. The molecule has 150 valence electrons. The molecule has 1 amide bonds. The van der Waals surface area contributed by atoms with Gasteiger partial charge in [-0.2, -0.15) is 0 Å². The number of amides is 1. The lowest BCUT2D eigenvalue weighted by atomic mass is 10.1. The molecular formula is C23H24BrN3O2. The van der Waals surface area contributed by atoms with Crippen LogP contribution >= 0.6 is 15.9 Å². The van der Waals surface area contributed by atoms with Gasteiger partial charge in [0.25, 0.3) is 5.91 Å². The van der Waals surface area contributed by atoms with Crippen LogP contribution in [0, 0.1) is 6.92 Å². The Morgan fingerprint density at radius 3 is 2.62 bits per heavy atom. The first-order valence-corrected chi connectivity index (χ1v) is 10.7. The van der Waals surface area contributed by atoms with Crippen molar-refractivity contribution < 1.29 is 9.53 Å². The Kier molecular flexibility index (Phi) is 6.00. The van der Waals surface area contributed by atoms with Crippen molar-refractivity contribution in [2.45, 2.75) is 26.2 Å². The topological polar surface area (TPSA) is 54.5 Å². The van der Waals surface area contributed by atoms with Gasteiger partial charge in [0.15, 0.2) is 6.61 Å². The van der Waals surface area contributed by atoms with E-state index in [4.69, 9.17) is 4.74 Å². The van der Waals surface area contributed by atoms with Crippen molar-refractivity contribution in [3.8, 4) is 5.75 Å². The van der Waals surface area contributed by atoms with Gasteiger partial charge in [-0.1, -0.05) is 15.9 Å². The molecule has 5 nitrogen and oxygen atoms in total. The molecule has 1 N–H and O–H groups in total. The van der Waals surface area contributed by atoms with Gasteiger partial charge >= 0.3 is 0 Å². The van der Waals surface area contributed by atoms with Gasteiger partial charge in [0.2, 0.25) is 0 Å². The van der Waals surface area contributed by atoms with Crippen molar-refractivity contribution in [1.82, 2.24) is 4.98 Å². The smallest absolute Gasteiger partial charge is 0.262 e. The van der Waals surface area contributed by atoms with E-state index in [1.54, 1.807) is 0 Å². The van der Waals surface area contributed by atoms with Crippen LogP contribution in [0.1, 0.15) is 25.0 Å². The van der Waals surface area contributed by atoms with Gasteiger partial charge in [-0.05, 0) is 68.7 Å². The van der Waals surface area contributed by atoms with Crippen molar-refractivity contribution in [1.29, 1.82) is 0 Å². The van der Waals surface area contributed by atoms with E-state index in [1.807, 2.05) is 43.3 Å². The highest BCUT2D eigenvalue weighted by atomic mass is 79.9. The minimum atomic E-state index is -0.187. The number of benzene rings is 2. The third kappa shape index (κ3) is 4.88. The highest BCUT2D eigenvalue weighted by molar-refractivity contribution is 9.10. The predicted octanol–water partition coefficient (Wildman–Crippen LogP) is 5.31. The van der Waals surface area contributed by atoms with E-state index in [9.17, 15) is 4.79 Å². The molecule has 1 aliphatic rings. The second-order valence-corrected chi connectivity index (χ2v) is 8.27. The molecule has 4 rings (SSSR count). The van der Waals surface area contributed by atoms with E-state index in [1.165, 1.54) is 24.9 Å². The van der Waals surface area contributed by atoms with Crippen LogP contribution in [0.5, 0.6) is 5.75 Å². The van der Waals surface area contributed by atoms with Crippen LogP contribution in [0.15, 0.2) is 53.0 Å². The van der Waals surface area contributed by atoms with Crippen molar-refractivity contribution in [2.75, 3.05) is 29.9 Å². The number of nitrogens with zero attached hydrogens (tertiary/aromatic N) is 2. The van der Waals surface area contributed by atoms with E-state index in [0.717, 1.165) is 39.8 Å². The zero-order valence-corrected chi connectivity index (χ0v) is 18.0. The van der Waals surface area contributed by atoms with Gasteiger partial charge < -0.3 is 15.0 Å². The number of aromatic nitrogens is 1. The monoisotopic (exact) mass is 453 g/mol. The van der Waals surface area contributed by atoms with Crippen molar-refractivity contribution in [3.63, 3.8) is 0 Å². The van der Waals surface area contributed by atoms with Gasteiger partial charge in [-0.15, -0.1) is 0 Å². The van der Waals surface area contributed by atoms with Crippen LogP contribution < -0.4 is 15.0 Å². The lowest BCUT2D eigenvalue weighted by Crippen LogP contribution is -2.29. The quantitative estimate of drug-likeness (QED) is 0.568. The molecule has 0 spiro atoms. The minimum Gasteiger partial charge on any atom is -0.483 e. The van der Waals surface area contributed by atoms with Crippen LogP contribution in [0.3, 0.4) is 0 Å². The molecule has 3 aromatic rings. The highest BCUT2D eigenvalue weighted by Gasteiger charge is 2.12. The SMILES string of the molecule is Cc1cc(OCC(=O)Nc2ccc(N3CCCCC3)cc2)c2cc(Br)ccc2n1. The molecule has 0 unspecified atom stereocenters. The fraction of sp³-hybridized carbons (Fsp3) is 0.304. The predicted molar refractivity (Wildman–Crippen MR) is 121 cm³/mol. The Labute approximate surface area is 179 Å². The van der Waals surface area contributed by atoms with E-state index < -0.39 is 0 Å². The van der Waals surface area contributed by atoms with Gasteiger partial charge in [0.05, 0.1) is 5.52 Å². The third-order valence-electron chi connectivity index (χ3n) is 5.09. The average Bonchev–Trinajstić information content (AvgIpc) is 2.73. The summed E-state index contributed by atoms with van der Waals surface area (Å²) in [6.07, 6.45) is 3.80. The maximum atomic E-state index is 12.4. The molecule has 29 heavy (non-hydrogen) atoms. The normalized spacial score (nSPS) is 14.1. The summed E-state index contributed by atoms with van der Waals surface area (Å²) in [6, 6.07) is 15.7. The van der Waals surface area contributed by atoms with E-state index in [2.05, 4.69) is 43.3 Å². The van der Waals surface area contributed by atoms with Crippen molar-refractivity contribution in [3.05, 3.63) is 58.7 Å². The number of carbonyl (C=O) groups is 1. The summed E-state index contributed by atoms with van der Waals surface area (Å²) in [4.78, 5) is 19.3. The standard InChI is InChI=1S/C23H24BrN3O2/c1-16-13-22(20-14-17(24)5-10-21(20)25-16)29-15-23(28)26-18-6-8-19(9-7-18)27-11-3-2-4-12-27/h5-10,13-14H,2-4,11-12,15H2,1H3,(H,26,28). The van der Waals surface area contributed by atoms with Gasteiger partial charge in [0, 0.05) is 46.1 Å². The zero-order valence-electron chi connectivity index (χ0n) is 16.5. The molecule has 2 heterocycles. The first-order valence-electron chi connectivity index (χ1n) is 9.93. The van der Waals surface area contributed by atoms with Gasteiger partial charge in [0.1, 0.15) is 5.75 Å². The Balaban J connectivity index is 1.39. The zero-order chi connectivity index (χ0) is 20.2. The Morgan fingerprint density at radius 1 is 1.10 bits per heavy atom. The number of fused-ring (bicyclic) bond motifs is 1. The van der Waals surface area contributed by atoms with Crippen molar-refractivity contribution in [2.24, 2.45) is 0 Å². The molecule has 2 aromatic carbocycles. The fourth-order valence-electron chi connectivity index (χ4n) is 3.66. The summed E-state index contributed by atoms with van der Waals surface area (Å²) in [5.74, 6) is 0.470. The number of hydrogen-bond donors (Lipinski definition) is 1. The molecular weight excluding hydrogens is 430 g/mol. The third-order valence-corrected chi connectivity index (χ3v) is 5.59. The number of nitrogens with one attached hydrogen (secondary N) is 1. The summed E-state index contributed by atoms with van der Waals surface area (Å²) >= 11 is 3.48. The number of rotatable bonds is 5. The van der Waals surface area contributed by atoms with Gasteiger partial charge in [-0.3, -0.25) is 9.78 Å². The number of aryl methyl sites for hydroxylation is 1. The number of piperidine rings is 1. The lowest BCUT2D eigenvalue weighted by molar-refractivity contribution is -0.118. The molecule has 1 fully saturated rings. The second kappa shape index (κ2) is 8.82. The Morgan fingerprint density at radius 2 is 1.86 bits per heavy atom. The largest absolute Gasteiger partial charge is 0.483 e. The molecule has 1 aromatic heterocycles. The summed E-state index contributed by atoms with van der Waals surface area (Å²) in [6.45, 7) is 4.07. The number of pyridine rings is 1. The summed E-state index contributed by atoms with van der Waals surface area (Å²) in [5.41, 5.74) is 3.68. The molecule has 0 aliphatic carbocycles. The number of anilines is 2.